The minimum atomic E-state index is -0.690. The quantitative estimate of drug-likeness (QED) is 0.347. The van der Waals surface area contributed by atoms with Crippen molar-refractivity contribution in [2.45, 2.75) is 6.54 Å². The molecule has 9 heteroatoms. The van der Waals surface area contributed by atoms with Gasteiger partial charge in [-0.05, 0) is 23.8 Å². The molecular weight excluding hydrogens is 356 g/mol. The van der Waals surface area contributed by atoms with Crippen LogP contribution in [0.5, 0.6) is 11.5 Å². The molecule has 2 N–H and O–H groups in total. The van der Waals surface area contributed by atoms with Crippen molar-refractivity contribution in [3.63, 3.8) is 0 Å². The van der Waals surface area contributed by atoms with Gasteiger partial charge >= 0.3 is 5.69 Å². The SMILES string of the molecule is COc1cc(/C=N\N(C)C(=S)NCc2ccccc2)cc([N+](=O)[O-])c1O. The molecule has 26 heavy (non-hydrogen) atoms. The molecule has 2 aromatic carbocycles. The molecule has 2 aromatic rings. The molecule has 0 saturated carbocycles. The van der Waals surface area contributed by atoms with Gasteiger partial charge in [0.15, 0.2) is 10.9 Å². The molecule has 0 aromatic heterocycles. The molecule has 0 bridgehead atoms. The first-order valence-corrected chi connectivity index (χ1v) is 7.98. The lowest BCUT2D eigenvalue weighted by atomic mass is 10.2. The summed E-state index contributed by atoms with van der Waals surface area (Å²) in [5.41, 5.74) is 1.01. The summed E-state index contributed by atoms with van der Waals surface area (Å²) in [4.78, 5) is 10.3. The average molecular weight is 374 g/mol. The molecule has 0 heterocycles. The van der Waals surface area contributed by atoms with E-state index in [1.54, 1.807) is 7.05 Å². The Morgan fingerprint density at radius 2 is 2.12 bits per heavy atom. The van der Waals surface area contributed by atoms with Gasteiger partial charge in [0.25, 0.3) is 0 Å². The molecule has 136 valence electrons. The van der Waals surface area contributed by atoms with Crippen LogP contribution in [0.3, 0.4) is 0 Å². The van der Waals surface area contributed by atoms with Crippen molar-refractivity contribution in [1.29, 1.82) is 0 Å². The van der Waals surface area contributed by atoms with Gasteiger partial charge in [0.2, 0.25) is 5.75 Å². The summed E-state index contributed by atoms with van der Waals surface area (Å²) in [6, 6.07) is 12.4. The van der Waals surface area contributed by atoms with E-state index in [1.807, 2.05) is 30.3 Å². The van der Waals surface area contributed by atoms with Gasteiger partial charge in [-0.2, -0.15) is 5.10 Å². The normalized spacial score (nSPS) is 10.5. The minimum absolute atomic E-state index is 0.00641. The smallest absolute Gasteiger partial charge is 0.315 e. The van der Waals surface area contributed by atoms with Crippen LogP contribution in [0.25, 0.3) is 0 Å². The number of ether oxygens (including phenoxy) is 1. The van der Waals surface area contributed by atoms with Crippen LogP contribution in [0.15, 0.2) is 47.6 Å². The fraction of sp³-hybridized carbons (Fsp3) is 0.176. The highest BCUT2D eigenvalue weighted by molar-refractivity contribution is 7.80. The minimum Gasteiger partial charge on any atom is -0.500 e. The zero-order valence-corrected chi connectivity index (χ0v) is 15.1. The van der Waals surface area contributed by atoms with E-state index >= 15 is 0 Å². The molecule has 0 aliphatic heterocycles. The van der Waals surface area contributed by atoms with Crippen LogP contribution >= 0.6 is 12.2 Å². The molecule has 0 saturated heterocycles. The number of aromatic hydroxyl groups is 1. The summed E-state index contributed by atoms with van der Waals surface area (Å²) in [5.74, 6) is -0.531. The van der Waals surface area contributed by atoms with Crippen molar-refractivity contribution in [3.8, 4) is 11.5 Å². The van der Waals surface area contributed by atoms with E-state index in [9.17, 15) is 15.2 Å². The molecule has 0 fully saturated rings. The second-order valence-electron chi connectivity index (χ2n) is 5.26. The molecule has 2 rings (SSSR count). The second kappa shape index (κ2) is 8.77. The molecule has 0 aliphatic rings. The predicted octanol–water partition coefficient (Wildman–Crippen LogP) is 2.65. The third-order valence-corrected chi connectivity index (χ3v) is 3.86. The lowest BCUT2D eigenvalue weighted by Gasteiger charge is -2.15. The van der Waals surface area contributed by atoms with Crippen LogP contribution in [-0.4, -0.2) is 40.5 Å². The Labute approximate surface area is 155 Å². The Morgan fingerprint density at radius 3 is 2.73 bits per heavy atom. The van der Waals surface area contributed by atoms with Gasteiger partial charge < -0.3 is 15.2 Å². The van der Waals surface area contributed by atoms with E-state index in [2.05, 4.69) is 10.4 Å². The van der Waals surface area contributed by atoms with Crippen LogP contribution in [0.4, 0.5) is 5.69 Å². The van der Waals surface area contributed by atoms with Crippen molar-refractivity contribution < 1.29 is 14.8 Å². The first-order valence-electron chi connectivity index (χ1n) is 7.57. The highest BCUT2D eigenvalue weighted by atomic mass is 32.1. The highest BCUT2D eigenvalue weighted by Gasteiger charge is 2.19. The van der Waals surface area contributed by atoms with Gasteiger partial charge in [0.05, 0.1) is 18.2 Å². The molecule has 0 aliphatic carbocycles. The standard InChI is InChI=1S/C17H18N4O4S/c1-20(17(26)18-10-12-6-4-3-5-7-12)19-11-13-8-14(21(23)24)16(22)15(9-13)25-2/h3-9,11,22H,10H2,1-2H3,(H,18,26)/b19-11-. The maximum atomic E-state index is 11.0. The van der Waals surface area contributed by atoms with Crippen LogP contribution in [0, 0.1) is 10.1 Å². The third kappa shape index (κ3) is 4.90. The molecular formula is C17H18N4O4S. The van der Waals surface area contributed by atoms with Crippen LogP contribution < -0.4 is 10.1 Å². The summed E-state index contributed by atoms with van der Waals surface area (Å²) >= 11 is 5.26. The van der Waals surface area contributed by atoms with E-state index in [-0.39, 0.29) is 5.75 Å². The number of phenols is 1. The molecule has 0 atom stereocenters. The number of nitro benzene ring substituents is 1. The number of hydrogen-bond donors (Lipinski definition) is 2. The number of hydrogen-bond acceptors (Lipinski definition) is 6. The zero-order chi connectivity index (χ0) is 19.1. The monoisotopic (exact) mass is 374 g/mol. The van der Waals surface area contributed by atoms with Crippen LogP contribution in [0.1, 0.15) is 11.1 Å². The van der Waals surface area contributed by atoms with Crippen molar-refractivity contribution >= 4 is 29.2 Å². The Balaban J connectivity index is 2.07. The maximum absolute atomic E-state index is 11.0. The lowest BCUT2D eigenvalue weighted by molar-refractivity contribution is -0.386. The summed E-state index contributed by atoms with van der Waals surface area (Å²) in [5, 5.41) is 29.8. The van der Waals surface area contributed by atoms with E-state index in [1.165, 1.54) is 30.5 Å². The number of methoxy groups -OCH3 is 1. The Kier molecular flexibility index (Phi) is 6.45. The van der Waals surface area contributed by atoms with E-state index in [0.717, 1.165) is 5.56 Å². The zero-order valence-electron chi connectivity index (χ0n) is 14.2. The Bertz CT molecular complexity index is 827. The van der Waals surface area contributed by atoms with Gasteiger partial charge in [-0.1, -0.05) is 30.3 Å². The van der Waals surface area contributed by atoms with Gasteiger partial charge in [-0.3, -0.25) is 10.1 Å². The van der Waals surface area contributed by atoms with Crippen molar-refractivity contribution in [3.05, 3.63) is 63.7 Å². The molecule has 0 amide bonds. The maximum Gasteiger partial charge on any atom is 0.315 e. The van der Waals surface area contributed by atoms with E-state index in [0.29, 0.717) is 17.2 Å². The topological polar surface area (TPSA) is 100 Å². The number of nitrogens with one attached hydrogen (secondary N) is 1. The fourth-order valence-electron chi connectivity index (χ4n) is 2.08. The van der Waals surface area contributed by atoms with Crippen LogP contribution in [0.2, 0.25) is 0 Å². The van der Waals surface area contributed by atoms with Crippen molar-refractivity contribution in [2.24, 2.45) is 5.10 Å². The number of hydrazone groups is 1. The number of nitrogens with zero attached hydrogens (tertiary/aromatic N) is 3. The number of thiocarbonyl (C=S) groups is 1. The van der Waals surface area contributed by atoms with Crippen molar-refractivity contribution in [1.82, 2.24) is 10.3 Å². The fourth-order valence-corrected chi connectivity index (χ4v) is 2.20. The van der Waals surface area contributed by atoms with Gasteiger partial charge in [0.1, 0.15) is 0 Å². The number of nitro groups is 1. The summed E-state index contributed by atoms with van der Waals surface area (Å²) in [6.07, 6.45) is 1.39. The van der Waals surface area contributed by atoms with Crippen LogP contribution in [-0.2, 0) is 6.54 Å². The predicted molar refractivity (Wildman–Crippen MR) is 103 cm³/mol. The summed E-state index contributed by atoms with van der Waals surface area (Å²) in [7, 11) is 2.97. The Morgan fingerprint density at radius 1 is 1.42 bits per heavy atom. The lowest BCUT2D eigenvalue weighted by Crippen LogP contribution is -2.33. The molecule has 0 unspecified atom stereocenters. The number of rotatable bonds is 6. The largest absolute Gasteiger partial charge is 0.500 e. The second-order valence-corrected chi connectivity index (χ2v) is 5.65. The summed E-state index contributed by atoms with van der Waals surface area (Å²) in [6.45, 7) is 0.554. The van der Waals surface area contributed by atoms with E-state index in [4.69, 9.17) is 17.0 Å². The van der Waals surface area contributed by atoms with Gasteiger partial charge in [-0.25, -0.2) is 5.01 Å². The molecule has 8 nitrogen and oxygen atoms in total. The van der Waals surface area contributed by atoms with Gasteiger partial charge in [0, 0.05) is 25.2 Å². The number of phenolic OH excluding ortho intramolecular Hbond substituents is 1. The molecule has 0 radical (unpaired) electrons. The first kappa shape index (κ1) is 19.1. The molecule has 0 spiro atoms. The van der Waals surface area contributed by atoms with Gasteiger partial charge in [-0.15, -0.1) is 0 Å². The summed E-state index contributed by atoms with van der Waals surface area (Å²) < 4.78 is 4.95. The Hall–Kier alpha value is -3.20. The first-order chi connectivity index (χ1) is 12.4. The highest BCUT2D eigenvalue weighted by Crippen LogP contribution is 2.36. The van der Waals surface area contributed by atoms with Crippen molar-refractivity contribution in [2.75, 3.05) is 14.2 Å². The third-order valence-electron chi connectivity index (χ3n) is 3.45. The number of benzene rings is 2. The van der Waals surface area contributed by atoms with E-state index < -0.39 is 16.4 Å². The average Bonchev–Trinajstić information content (AvgIpc) is 2.65.